The molecule has 116 valence electrons. The molecule has 1 aliphatic heterocycles. The molecular weight excluding hydrogens is 268 g/mol. The molecule has 1 aromatic carbocycles. The van der Waals surface area contributed by atoms with Crippen molar-refractivity contribution in [2.45, 2.75) is 18.9 Å². The molecule has 1 heterocycles. The summed E-state index contributed by atoms with van der Waals surface area (Å²) in [4.78, 5) is 11.5. The number of rotatable bonds is 8. The van der Waals surface area contributed by atoms with Crippen LogP contribution in [0.1, 0.15) is 23.7 Å². The van der Waals surface area contributed by atoms with E-state index in [0.717, 1.165) is 19.6 Å². The summed E-state index contributed by atoms with van der Waals surface area (Å²) in [6, 6.07) is 8.40. The SMILES string of the molecule is COCCNC(=O)CCNCC1OCCc2ccccc21. The van der Waals surface area contributed by atoms with Crippen LogP contribution < -0.4 is 10.6 Å². The largest absolute Gasteiger partial charge is 0.383 e. The lowest BCUT2D eigenvalue weighted by Gasteiger charge is -2.26. The van der Waals surface area contributed by atoms with Crippen LogP contribution in [0.3, 0.4) is 0 Å². The van der Waals surface area contributed by atoms with Crippen molar-refractivity contribution < 1.29 is 14.3 Å². The van der Waals surface area contributed by atoms with Gasteiger partial charge in [-0.3, -0.25) is 4.79 Å². The Morgan fingerprint density at radius 1 is 1.38 bits per heavy atom. The van der Waals surface area contributed by atoms with Gasteiger partial charge in [-0.05, 0) is 17.5 Å². The minimum atomic E-state index is 0.0458. The molecule has 5 nitrogen and oxygen atoms in total. The average molecular weight is 292 g/mol. The minimum absolute atomic E-state index is 0.0458. The van der Waals surface area contributed by atoms with Crippen LogP contribution >= 0.6 is 0 Å². The number of ether oxygens (including phenoxy) is 2. The lowest BCUT2D eigenvalue weighted by atomic mass is 9.97. The number of carbonyl (C=O) groups excluding carboxylic acids is 1. The summed E-state index contributed by atoms with van der Waals surface area (Å²) in [6.07, 6.45) is 1.54. The minimum Gasteiger partial charge on any atom is -0.383 e. The Kier molecular flexibility index (Phi) is 6.66. The van der Waals surface area contributed by atoms with E-state index in [0.29, 0.717) is 26.1 Å². The van der Waals surface area contributed by atoms with Gasteiger partial charge < -0.3 is 20.1 Å². The number of amides is 1. The third-order valence-electron chi connectivity index (χ3n) is 3.58. The average Bonchev–Trinajstić information content (AvgIpc) is 2.52. The lowest BCUT2D eigenvalue weighted by molar-refractivity contribution is -0.121. The standard InChI is InChI=1S/C16H24N2O3/c1-20-11-9-18-16(19)6-8-17-12-15-14-5-3-2-4-13(14)7-10-21-15/h2-5,15,17H,6-12H2,1H3,(H,18,19). The van der Waals surface area contributed by atoms with Crippen LogP contribution in [0.4, 0.5) is 0 Å². The van der Waals surface area contributed by atoms with Crippen molar-refractivity contribution in [3.63, 3.8) is 0 Å². The van der Waals surface area contributed by atoms with E-state index < -0.39 is 0 Å². The molecule has 1 unspecified atom stereocenters. The monoisotopic (exact) mass is 292 g/mol. The molecule has 1 amide bonds. The number of carbonyl (C=O) groups is 1. The predicted octanol–water partition coefficient (Wildman–Crippen LogP) is 1.04. The first kappa shape index (κ1) is 15.9. The van der Waals surface area contributed by atoms with Crippen molar-refractivity contribution in [3.8, 4) is 0 Å². The van der Waals surface area contributed by atoms with E-state index in [1.165, 1.54) is 11.1 Å². The fourth-order valence-corrected chi connectivity index (χ4v) is 2.46. The smallest absolute Gasteiger partial charge is 0.221 e. The van der Waals surface area contributed by atoms with Gasteiger partial charge in [0.25, 0.3) is 0 Å². The highest BCUT2D eigenvalue weighted by molar-refractivity contribution is 5.76. The maximum absolute atomic E-state index is 11.5. The Bertz CT molecular complexity index is 451. The van der Waals surface area contributed by atoms with Gasteiger partial charge in [-0.1, -0.05) is 24.3 Å². The van der Waals surface area contributed by atoms with Gasteiger partial charge in [-0.2, -0.15) is 0 Å². The first-order chi connectivity index (χ1) is 10.3. The van der Waals surface area contributed by atoms with Crippen molar-refractivity contribution in [1.29, 1.82) is 0 Å². The van der Waals surface area contributed by atoms with E-state index in [-0.39, 0.29) is 12.0 Å². The van der Waals surface area contributed by atoms with Gasteiger partial charge in [-0.25, -0.2) is 0 Å². The van der Waals surface area contributed by atoms with Crippen LogP contribution in [0.15, 0.2) is 24.3 Å². The summed E-state index contributed by atoms with van der Waals surface area (Å²) in [5.41, 5.74) is 2.63. The summed E-state index contributed by atoms with van der Waals surface area (Å²) >= 11 is 0. The molecule has 0 saturated carbocycles. The highest BCUT2D eigenvalue weighted by Crippen LogP contribution is 2.25. The highest BCUT2D eigenvalue weighted by Gasteiger charge is 2.19. The van der Waals surface area contributed by atoms with Crippen LogP contribution in [0.5, 0.6) is 0 Å². The Hall–Kier alpha value is -1.43. The van der Waals surface area contributed by atoms with E-state index in [2.05, 4.69) is 28.8 Å². The third-order valence-corrected chi connectivity index (χ3v) is 3.58. The van der Waals surface area contributed by atoms with Gasteiger partial charge in [-0.15, -0.1) is 0 Å². The van der Waals surface area contributed by atoms with Crippen LogP contribution in [0.2, 0.25) is 0 Å². The van der Waals surface area contributed by atoms with E-state index in [1.807, 2.05) is 6.07 Å². The first-order valence-corrected chi connectivity index (χ1v) is 7.47. The van der Waals surface area contributed by atoms with Gasteiger partial charge in [0.2, 0.25) is 5.91 Å². The maximum Gasteiger partial charge on any atom is 0.221 e. The molecule has 0 fully saturated rings. The van der Waals surface area contributed by atoms with Crippen LogP contribution in [0, 0.1) is 0 Å². The normalized spacial score (nSPS) is 17.3. The Labute approximate surface area is 126 Å². The fourth-order valence-electron chi connectivity index (χ4n) is 2.46. The topological polar surface area (TPSA) is 59.6 Å². The fraction of sp³-hybridized carbons (Fsp3) is 0.562. The van der Waals surface area contributed by atoms with Crippen LogP contribution in [0.25, 0.3) is 0 Å². The molecule has 1 aromatic rings. The predicted molar refractivity (Wildman–Crippen MR) is 81.2 cm³/mol. The molecule has 2 rings (SSSR count). The van der Waals surface area contributed by atoms with Crippen molar-refractivity contribution >= 4 is 5.91 Å². The Morgan fingerprint density at radius 2 is 2.24 bits per heavy atom. The maximum atomic E-state index is 11.5. The van der Waals surface area contributed by atoms with Crippen LogP contribution in [-0.4, -0.2) is 45.9 Å². The Morgan fingerprint density at radius 3 is 3.10 bits per heavy atom. The van der Waals surface area contributed by atoms with Crippen LogP contribution in [-0.2, 0) is 20.7 Å². The quantitative estimate of drug-likeness (QED) is 0.703. The summed E-state index contributed by atoms with van der Waals surface area (Å²) in [5, 5.41) is 6.10. The van der Waals surface area contributed by atoms with E-state index in [4.69, 9.17) is 9.47 Å². The van der Waals surface area contributed by atoms with Crippen molar-refractivity contribution in [3.05, 3.63) is 35.4 Å². The molecule has 1 atom stereocenters. The molecule has 5 heteroatoms. The Balaban J connectivity index is 1.67. The summed E-state index contributed by atoms with van der Waals surface area (Å²) in [6.45, 7) is 3.27. The van der Waals surface area contributed by atoms with Gasteiger partial charge in [0.05, 0.1) is 19.3 Å². The molecule has 1 aliphatic rings. The number of hydrogen-bond acceptors (Lipinski definition) is 4. The lowest BCUT2D eigenvalue weighted by Crippen LogP contribution is -2.32. The van der Waals surface area contributed by atoms with E-state index in [1.54, 1.807) is 7.11 Å². The van der Waals surface area contributed by atoms with Gasteiger partial charge >= 0.3 is 0 Å². The summed E-state index contributed by atoms with van der Waals surface area (Å²) in [7, 11) is 1.62. The molecule has 0 saturated heterocycles. The molecule has 0 aliphatic carbocycles. The summed E-state index contributed by atoms with van der Waals surface area (Å²) in [5.74, 6) is 0.0458. The second kappa shape index (κ2) is 8.77. The van der Waals surface area contributed by atoms with Gasteiger partial charge in [0, 0.05) is 33.2 Å². The molecule has 21 heavy (non-hydrogen) atoms. The molecule has 0 spiro atoms. The van der Waals surface area contributed by atoms with Crippen molar-refractivity contribution in [2.75, 3.05) is 40.0 Å². The number of methoxy groups -OCH3 is 1. The molecule has 2 N–H and O–H groups in total. The van der Waals surface area contributed by atoms with E-state index in [9.17, 15) is 4.79 Å². The molecule has 0 aromatic heterocycles. The van der Waals surface area contributed by atoms with Gasteiger partial charge in [0.1, 0.15) is 0 Å². The molecular formula is C16H24N2O3. The second-order valence-electron chi connectivity index (χ2n) is 5.11. The zero-order valence-corrected chi connectivity index (χ0v) is 12.6. The van der Waals surface area contributed by atoms with Crippen molar-refractivity contribution in [1.82, 2.24) is 10.6 Å². The third kappa shape index (κ3) is 5.12. The summed E-state index contributed by atoms with van der Waals surface area (Å²) < 4.78 is 10.7. The highest BCUT2D eigenvalue weighted by atomic mass is 16.5. The number of nitrogens with one attached hydrogen (secondary N) is 2. The van der Waals surface area contributed by atoms with Gasteiger partial charge in [0.15, 0.2) is 0 Å². The number of hydrogen-bond donors (Lipinski definition) is 2. The molecule has 0 radical (unpaired) electrons. The van der Waals surface area contributed by atoms with Crippen molar-refractivity contribution in [2.24, 2.45) is 0 Å². The number of benzene rings is 1. The number of fused-ring (bicyclic) bond motifs is 1. The first-order valence-electron chi connectivity index (χ1n) is 7.47. The zero-order chi connectivity index (χ0) is 14.9. The zero-order valence-electron chi connectivity index (χ0n) is 12.6. The second-order valence-corrected chi connectivity index (χ2v) is 5.11. The van der Waals surface area contributed by atoms with E-state index >= 15 is 0 Å². The molecule has 0 bridgehead atoms.